The Morgan fingerprint density at radius 2 is 1.95 bits per heavy atom. The van der Waals surface area contributed by atoms with Crippen LogP contribution in [0.4, 0.5) is 0 Å². The summed E-state index contributed by atoms with van der Waals surface area (Å²) >= 11 is 0. The molecule has 0 unspecified atom stereocenters. The number of hydrogen-bond donors (Lipinski definition) is 1. The van der Waals surface area contributed by atoms with Crippen molar-refractivity contribution in [3.8, 4) is 5.69 Å². The molecule has 1 aliphatic rings. The van der Waals surface area contributed by atoms with E-state index < -0.39 is 0 Å². The van der Waals surface area contributed by atoms with Crippen LogP contribution in [0.5, 0.6) is 0 Å². The Bertz CT molecular complexity index is 938. The van der Waals surface area contributed by atoms with Gasteiger partial charge in [-0.15, -0.1) is 0 Å². The molecule has 2 aromatic heterocycles. The van der Waals surface area contributed by atoms with Gasteiger partial charge in [0.2, 0.25) is 0 Å². The molecule has 3 aromatic rings. The predicted molar refractivity (Wildman–Crippen MR) is 83.5 cm³/mol. The van der Waals surface area contributed by atoms with Gasteiger partial charge < -0.3 is 0 Å². The Morgan fingerprint density at radius 1 is 1.18 bits per heavy atom. The van der Waals surface area contributed by atoms with E-state index in [1.54, 1.807) is 6.20 Å². The van der Waals surface area contributed by atoms with Crippen molar-refractivity contribution < 1.29 is 4.79 Å². The third-order valence-electron chi connectivity index (χ3n) is 4.22. The maximum absolute atomic E-state index is 12.8. The summed E-state index contributed by atoms with van der Waals surface area (Å²) in [5.74, 6) is 0.333. The van der Waals surface area contributed by atoms with Crippen LogP contribution >= 0.6 is 0 Å². The Morgan fingerprint density at radius 3 is 2.73 bits per heavy atom. The fourth-order valence-electron chi connectivity index (χ4n) is 3.19. The Hall–Kier alpha value is -2.69. The summed E-state index contributed by atoms with van der Waals surface area (Å²) in [5, 5.41) is 3.58. The Kier molecular flexibility index (Phi) is 2.76. The molecule has 2 heterocycles. The molecule has 0 fully saturated rings. The summed E-state index contributed by atoms with van der Waals surface area (Å²) in [7, 11) is 0. The van der Waals surface area contributed by atoms with E-state index in [1.165, 1.54) is 4.68 Å². The van der Waals surface area contributed by atoms with Crippen LogP contribution in [0.3, 0.4) is 0 Å². The van der Waals surface area contributed by atoms with Gasteiger partial charge >= 0.3 is 0 Å². The number of aromatic nitrogens is 3. The first-order valence-electron chi connectivity index (χ1n) is 7.36. The number of pyridine rings is 1. The van der Waals surface area contributed by atoms with Gasteiger partial charge in [0, 0.05) is 18.2 Å². The Labute approximate surface area is 126 Å². The van der Waals surface area contributed by atoms with Crippen molar-refractivity contribution in [2.45, 2.75) is 19.8 Å². The molecule has 0 saturated heterocycles. The average molecular weight is 293 g/mol. The standard InChI is InChI=1S/C17H15N3O2/c1-10-7-12-13(14(21)8-10)9-18-16-15(12)17(22)20(19-16)11-5-3-2-4-6-11/h2-6,9-10H,7-8H2,1H3,(H,18,19)/t10-/m1/s1. The van der Waals surface area contributed by atoms with Crippen LogP contribution in [0.1, 0.15) is 29.3 Å². The van der Waals surface area contributed by atoms with Crippen LogP contribution in [0.15, 0.2) is 41.3 Å². The lowest BCUT2D eigenvalue weighted by Gasteiger charge is -2.19. The van der Waals surface area contributed by atoms with Gasteiger partial charge in [-0.3, -0.25) is 14.7 Å². The van der Waals surface area contributed by atoms with Gasteiger partial charge in [0.1, 0.15) is 0 Å². The van der Waals surface area contributed by atoms with Crippen LogP contribution in [0, 0.1) is 5.92 Å². The van der Waals surface area contributed by atoms with E-state index in [9.17, 15) is 9.59 Å². The maximum Gasteiger partial charge on any atom is 0.281 e. The van der Waals surface area contributed by atoms with Crippen LogP contribution in [-0.2, 0) is 6.42 Å². The summed E-state index contributed by atoms with van der Waals surface area (Å²) in [6.45, 7) is 2.04. The summed E-state index contributed by atoms with van der Waals surface area (Å²) in [5.41, 5.74) is 2.59. The monoisotopic (exact) mass is 293 g/mol. The third kappa shape index (κ3) is 1.82. The summed E-state index contributed by atoms with van der Waals surface area (Å²) in [6, 6.07) is 9.37. The van der Waals surface area contributed by atoms with E-state index >= 15 is 0 Å². The van der Waals surface area contributed by atoms with Crippen molar-refractivity contribution in [3.05, 3.63) is 58.0 Å². The van der Waals surface area contributed by atoms with E-state index in [-0.39, 0.29) is 17.3 Å². The maximum atomic E-state index is 12.8. The molecular formula is C17H15N3O2. The number of H-pyrrole nitrogens is 1. The zero-order chi connectivity index (χ0) is 15.3. The number of aromatic amines is 1. The first kappa shape index (κ1) is 13.0. The highest BCUT2D eigenvalue weighted by Crippen LogP contribution is 2.28. The lowest BCUT2D eigenvalue weighted by atomic mass is 9.84. The number of carbonyl (C=O) groups excluding carboxylic acids is 1. The molecule has 1 aliphatic carbocycles. The summed E-state index contributed by atoms with van der Waals surface area (Å²) in [4.78, 5) is 29.2. The molecule has 110 valence electrons. The number of hydrogen-bond acceptors (Lipinski definition) is 3. The van der Waals surface area contributed by atoms with Crippen molar-refractivity contribution in [3.63, 3.8) is 0 Å². The minimum absolute atomic E-state index is 0.0787. The van der Waals surface area contributed by atoms with Crippen LogP contribution in [0.25, 0.3) is 16.7 Å². The molecule has 1 atom stereocenters. The van der Waals surface area contributed by atoms with Crippen molar-refractivity contribution >= 4 is 16.8 Å². The van der Waals surface area contributed by atoms with E-state index in [0.717, 1.165) is 17.7 Å². The van der Waals surface area contributed by atoms with E-state index in [1.807, 2.05) is 37.3 Å². The second-order valence-corrected chi connectivity index (χ2v) is 5.90. The van der Waals surface area contributed by atoms with Gasteiger partial charge in [-0.2, -0.15) is 0 Å². The first-order valence-corrected chi connectivity index (χ1v) is 7.36. The zero-order valence-corrected chi connectivity index (χ0v) is 12.2. The zero-order valence-electron chi connectivity index (χ0n) is 12.2. The van der Waals surface area contributed by atoms with Crippen molar-refractivity contribution in [1.82, 2.24) is 14.8 Å². The average Bonchev–Trinajstić information content (AvgIpc) is 2.85. The molecule has 0 bridgehead atoms. The lowest BCUT2D eigenvalue weighted by Crippen LogP contribution is -2.21. The highest BCUT2D eigenvalue weighted by atomic mass is 16.1. The smallest absolute Gasteiger partial charge is 0.281 e. The third-order valence-corrected chi connectivity index (χ3v) is 4.22. The second-order valence-electron chi connectivity index (χ2n) is 5.90. The molecule has 22 heavy (non-hydrogen) atoms. The number of Topliss-reactive ketones (excluding diaryl/α,β-unsaturated/α-hetero) is 1. The summed E-state index contributed by atoms with van der Waals surface area (Å²) in [6.07, 6.45) is 2.86. The number of carbonyl (C=O) groups is 1. The van der Waals surface area contributed by atoms with Crippen LogP contribution < -0.4 is 5.56 Å². The van der Waals surface area contributed by atoms with Gasteiger partial charge in [0.15, 0.2) is 11.4 Å². The molecule has 0 amide bonds. The number of para-hydroxylation sites is 1. The molecule has 5 heteroatoms. The predicted octanol–water partition coefficient (Wildman–Crippen LogP) is 2.48. The van der Waals surface area contributed by atoms with Gasteiger partial charge in [-0.1, -0.05) is 25.1 Å². The minimum atomic E-state index is -0.146. The highest BCUT2D eigenvalue weighted by Gasteiger charge is 2.27. The molecule has 0 spiro atoms. The molecule has 0 saturated carbocycles. The van der Waals surface area contributed by atoms with Crippen molar-refractivity contribution in [2.24, 2.45) is 5.92 Å². The number of nitrogens with zero attached hydrogens (tertiary/aromatic N) is 2. The van der Waals surface area contributed by atoms with Crippen LogP contribution in [0.2, 0.25) is 0 Å². The molecule has 1 aromatic carbocycles. The Balaban J connectivity index is 2.03. The number of ketones is 1. The quantitative estimate of drug-likeness (QED) is 0.749. The number of rotatable bonds is 1. The van der Waals surface area contributed by atoms with Gasteiger partial charge in [0.05, 0.1) is 11.1 Å². The fourth-order valence-corrected chi connectivity index (χ4v) is 3.19. The minimum Gasteiger partial charge on any atom is -0.294 e. The normalized spacial score (nSPS) is 17.7. The lowest BCUT2D eigenvalue weighted by molar-refractivity contribution is 0.0953. The fraction of sp³-hybridized carbons (Fsp3) is 0.235. The number of benzene rings is 1. The van der Waals surface area contributed by atoms with Crippen molar-refractivity contribution in [2.75, 3.05) is 0 Å². The van der Waals surface area contributed by atoms with Crippen LogP contribution in [-0.4, -0.2) is 20.5 Å². The van der Waals surface area contributed by atoms with Crippen molar-refractivity contribution in [1.29, 1.82) is 0 Å². The molecule has 4 rings (SSSR count). The van der Waals surface area contributed by atoms with Gasteiger partial charge in [-0.05, 0) is 30.0 Å². The highest BCUT2D eigenvalue weighted by molar-refractivity contribution is 6.02. The first-order chi connectivity index (χ1) is 10.6. The van der Waals surface area contributed by atoms with E-state index in [0.29, 0.717) is 23.0 Å². The second kappa shape index (κ2) is 4.66. The number of nitrogens with one attached hydrogen (secondary N) is 1. The number of fused-ring (bicyclic) bond motifs is 3. The molecule has 5 nitrogen and oxygen atoms in total. The molecule has 0 radical (unpaired) electrons. The van der Waals surface area contributed by atoms with Gasteiger partial charge in [-0.25, -0.2) is 9.67 Å². The molecule has 1 N–H and O–H groups in total. The van der Waals surface area contributed by atoms with Gasteiger partial charge in [0.25, 0.3) is 5.56 Å². The SMILES string of the molecule is C[C@H]1CC(=O)c2cnc3[nH]n(-c4ccccc4)c(=O)c3c2C1. The largest absolute Gasteiger partial charge is 0.294 e. The molecular weight excluding hydrogens is 278 g/mol. The summed E-state index contributed by atoms with van der Waals surface area (Å²) < 4.78 is 1.49. The molecule has 0 aliphatic heterocycles. The van der Waals surface area contributed by atoms with E-state index in [2.05, 4.69) is 10.1 Å². The topological polar surface area (TPSA) is 67.8 Å². The van der Waals surface area contributed by atoms with E-state index in [4.69, 9.17) is 0 Å².